The first kappa shape index (κ1) is 10.4. The van der Waals surface area contributed by atoms with Crippen LogP contribution in [0.15, 0.2) is 23.6 Å². The summed E-state index contributed by atoms with van der Waals surface area (Å²) in [6.45, 7) is 3.43. The van der Waals surface area contributed by atoms with E-state index in [1.165, 1.54) is 0 Å². The number of nitrogens with zero attached hydrogens (tertiary/aromatic N) is 1. The van der Waals surface area contributed by atoms with Gasteiger partial charge in [-0.05, 0) is 17.5 Å². The van der Waals surface area contributed by atoms with E-state index in [4.69, 9.17) is 0 Å². The van der Waals surface area contributed by atoms with Crippen molar-refractivity contribution in [1.82, 2.24) is 10.2 Å². The van der Waals surface area contributed by atoms with Gasteiger partial charge in [0.2, 0.25) is 5.91 Å². The Bertz CT molecular complexity index is 339. The van der Waals surface area contributed by atoms with E-state index in [2.05, 4.69) is 5.32 Å². The molecule has 80 valence electrons. The van der Waals surface area contributed by atoms with Gasteiger partial charge in [-0.25, -0.2) is 0 Å². The summed E-state index contributed by atoms with van der Waals surface area (Å²) in [6.07, 6.45) is 3.55. The van der Waals surface area contributed by atoms with Crippen molar-refractivity contribution >= 4 is 23.3 Å². The largest absolute Gasteiger partial charge is 0.337 e. The zero-order valence-corrected chi connectivity index (χ0v) is 9.30. The van der Waals surface area contributed by atoms with E-state index < -0.39 is 0 Å². The van der Waals surface area contributed by atoms with E-state index in [9.17, 15) is 4.79 Å². The Morgan fingerprint density at radius 2 is 2.27 bits per heavy atom. The Morgan fingerprint density at radius 1 is 1.47 bits per heavy atom. The normalized spacial score (nSPS) is 17.2. The first-order chi connectivity index (χ1) is 7.36. The standard InChI is InChI=1S/C11H14N2OS/c14-11(13-7-5-12-6-8-13)4-3-10-2-1-9-15-10/h1-4,9,12H,5-8H2/b4-3+. The number of thiophene rings is 1. The molecule has 1 amide bonds. The highest BCUT2D eigenvalue weighted by atomic mass is 32.1. The van der Waals surface area contributed by atoms with Crippen LogP contribution in [-0.2, 0) is 4.79 Å². The molecule has 1 aromatic rings. The third kappa shape index (κ3) is 2.91. The molecule has 0 saturated carbocycles. The van der Waals surface area contributed by atoms with E-state index in [1.54, 1.807) is 17.4 Å². The fourth-order valence-electron chi connectivity index (χ4n) is 1.53. The fraction of sp³-hybridized carbons (Fsp3) is 0.364. The summed E-state index contributed by atoms with van der Waals surface area (Å²) >= 11 is 1.64. The number of amides is 1. The highest BCUT2D eigenvalue weighted by molar-refractivity contribution is 7.10. The van der Waals surface area contributed by atoms with E-state index in [0.29, 0.717) is 0 Å². The number of carbonyl (C=O) groups is 1. The van der Waals surface area contributed by atoms with Crippen LogP contribution in [-0.4, -0.2) is 37.0 Å². The Hall–Kier alpha value is -1.13. The van der Waals surface area contributed by atoms with Gasteiger partial charge in [0.25, 0.3) is 0 Å². The summed E-state index contributed by atoms with van der Waals surface area (Å²) in [7, 11) is 0. The second-order valence-electron chi connectivity index (χ2n) is 3.42. The summed E-state index contributed by atoms with van der Waals surface area (Å²) < 4.78 is 0. The third-order valence-corrected chi connectivity index (χ3v) is 3.20. The third-order valence-electron chi connectivity index (χ3n) is 2.36. The van der Waals surface area contributed by atoms with E-state index in [-0.39, 0.29) is 5.91 Å². The van der Waals surface area contributed by atoms with Gasteiger partial charge in [-0.2, -0.15) is 0 Å². The van der Waals surface area contributed by atoms with Crippen LogP contribution in [0.4, 0.5) is 0 Å². The Labute approximate surface area is 93.4 Å². The predicted molar refractivity (Wildman–Crippen MR) is 62.8 cm³/mol. The van der Waals surface area contributed by atoms with Crippen LogP contribution in [0.2, 0.25) is 0 Å². The average Bonchev–Trinajstić information content (AvgIpc) is 2.80. The molecule has 0 atom stereocenters. The van der Waals surface area contributed by atoms with Crippen molar-refractivity contribution in [3.63, 3.8) is 0 Å². The van der Waals surface area contributed by atoms with Gasteiger partial charge in [0, 0.05) is 37.1 Å². The van der Waals surface area contributed by atoms with Crippen LogP contribution in [0.3, 0.4) is 0 Å². The van der Waals surface area contributed by atoms with Crippen molar-refractivity contribution in [1.29, 1.82) is 0 Å². The molecule has 4 heteroatoms. The highest BCUT2D eigenvalue weighted by Crippen LogP contribution is 2.10. The van der Waals surface area contributed by atoms with Crippen molar-refractivity contribution < 1.29 is 4.79 Å². The van der Waals surface area contributed by atoms with Crippen LogP contribution in [0.1, 0.15) is 4.88 Å². The maximum absolute atomic E-state index is 11.7. The predicted octanol–water partition coefficient (Wildman–Crippen LogP) is 1.19. The quantitative estimate of drug-likeness (QED) is 0.762. The molecule has 0 spiro atoms. The summed E-state index contributed by atoms with van der Waals surface area (Å²) in [4.78, 5) is 14.7. The summed E-state index contributed by atoms with van der Waals surface area (Å²) in [6, 6.07) is 3.99. The van der Waals surface area contributed by atoms with Crippen LogP contribution < -0.4 is 5.32 Å². The van der Waals surface area contributed by atoms with Gasteiger partial charge < -0.3 is 10.2 Å². The molecule has 0 radical (unpaired) electrons. The number of hydrogen-bond donors (Lipinski definition) is 1. The summed E-state index contributed by atoms with van der Waals surface area (Å²) in [5, 5.41) is 5.23. The number of piperazine rings is 1. The molecule has 0 aromatic carbocycles. The maximum Gasteiger partial charge on any atom is 0.246 e. The average molecular weight is 222 g/mol. The second-order valence-corrected chi connectivity index (χ2v) is 4.40. The van der Waals surface area contributed by atoms with Gasteiger partial charge in [0.15, 0.2) is 0 Å². The lowest BCUT2D eigenvalue weighted by molar-refractivity contribution is -0.126. The van der Waals surface area contributed by atoms with E-state index in [1.807, 2.05) is 28.5 Å². The maximum atomic E-state index is 11.7. The first-order valence-electron chi connectivity index (χ1n) is 5.07. The molecule has 1 N–H and O–H groups in total. The van der Waals surface area contributed by atoms with Crippen molar-refractivity contribution in [2.24, 2.45) is 0 Å². The summed E-state index contributed by atoms with van der Waals surface area (Å²) in [5.74, 6) is 0.116. The van der Waals surface area contributed by atoms with Crippen LogP contribution in [0.5, 0.6) is 0 Å². The lowest BCUT2D eigenvalue weighted by Crippen LogP contribution is -2.45. The number of hydrogen-bond acceptors (Lipinski definition) is 3. The van der Waals surface area contributed by atoms with Gasteiger partial charge in [-0.1, -0.05) is 6.07 Å². The number of nitrogens with one attached hydrogen (secondary N) is 1. The molecule has 1 aliphatic heterocycles. The van der Waals surface area contributed by atoms with Gasteiger partial charge in [-0.3, -0.25) is 4.79 Å². The molecule has 3 nitrogen and oxygen atoms in total. The molecule has 1 aromatic heterocycles. The zero-order chi connectivity index (χ0) is 10.5. The SMILES string of the molecule is O=C(/C=C/c1cccs1)N1CCNCC1. The first-order valence-corrected chi connectivity index (χ1v) is 5.95. The van der Waals surface area contributed by atoms with Crippen molar-refractivity contribution in [3.05, 3.63) is 28.5 Å². The lowest BCUT2D eigenvalue weighted by atomic mass is 10.3. The van der Waals surface area contributed by atoms with Crippen molar-refractivity contribution in [2.75, 3.05) is 26.2 Å². The van der Waals surface area contributed by atoms with Gasteiger partial charge >= 0.3 is 0 Å². The minimum atomic E-state index is 0.116. The van der Waals surface area contributed by atoms with Crippen LogP contribution in [0.25, 0.3) is 6.08 Å². The lowest BCUT2D eigenvalue weighted by Gasteiger charge is -2.26. The summed E-state index contributed by atoms with van der Waals surface area (Å²) in [5.41, 5.74) is 0. The Balaban J connectivity index is 1.91. The monoisotopic (exact) mass is 222 g/mol. The molecule has 0 bridgehead atoms. The van der Waals surface area contributed by atoms with Crippen molar-refractivity contribution in [2.45, 2.75) is 0 Å². The van der Waals surface area contributed by atoms with Gasteiger partial charge in [-0.15, -0.1) is 11.3 Å². The molecule has 15 heavy (non-hydrogen) atoms. The van der Waals surface area contributed by atoms with Crippen molar-refractivity contribution in [3.8, 4) is 0 Å². The van der Waals surface area contributed by atoms with Gasteiger partial charge in [0.1, 0.15) is 0 Å². The molecule has 0 aliphatic carbocycles. The molecule has 1 saturated heterocycles. The minimum absolute atomic E-state index is 0.116. The van der Waals surface area contributed by atoms with Gasteiger partial charge in [0.05, 0.1) is 0 Å². The minimum Gasteiger partial charge on any atom is -0.337 e. The van der Waals surface area contributed by atoms with Crippen LogP contribution in [0, 0.1) is 0 Å². The molecular formula is C11H14N2OS. The molecule has 1 aliphatic rings. The Kier molecular flexibility index (Phi) is 3.53. The number of rotatable bonds is 2. The van der Waals surface area contributed by atoms with E-state index >= 15 is 0 Å². The second kappa shape index (κ2) is 5.09. The topological polar surface area (TPSA) is 32.3 Å². The smallest absolute Gasteiger partial charge is 0.246 e. The van der Waals surface area contributed by atoms with E-state index in [0.717, 1.165) is 31.1 Å². The molecular weight excluding hydrogens is 208 g/mol. The molecule has 0 unspecified atom stereocenters. The molecule has 2 rings (SSSR count). The molecule has 1 fully saturated rings. The molecule has 2 heterocycles. The fourth-order valence-corrected chi connectivity index (χ4v) is 2.15. The number of carbonyl (C=O) groups excluding carboxylic acids is 1. The highest BCUT2D eigenvalue weighted by Gasteiger charge is 2.12. The zero-order valence-electron chi connectivity index (χ0n) is 8.48. The Morgan fingerprint density at radius 3 is 2.93 bits per heavy atom. The van der Waals surface area contributed by atoms with Crippen LogP contribution >= 0.6 is 11.3 Å².